The minimum Gasteiger partial charge on any atom is -0.396 e. The number of aliphatic hydroxyl groups excluding tert-OH is 2. The van der Waals surface area contributed by atoms with Crippen molar-refractivity contribution in [3.05, 3.63) is 0 Å². The Kier molecular flexibility index (Phi) is 3.89. The van der Waals surface area contributed by atoms with E-state index < -0.39 is 5.41 Å². The van der Waals surface area contributed by atoms with Gasteiger partial charge in [-0.25, -0.2) is 0 Å². The van der Waals surface area contributed by atoms with E-state index in [-0.39, 0.29) is 18.6 Å². The highest BCUT2D eigenvalue weighted by Gasteiger charge is 2.33. The number of hydrogen-bond acceptors (Lipinski definition) is 4. The van der Waals surface area contributed by atoms with Crippen molar-refractivity contribution in [1.29, 1.82) is 0 Å². The van der Waals surface area contributed by atoms with Gasteiger partial charge >= 0.3 is 0 Å². The van der Waals surface area contributed by atoms with Gasteiger partial charge in [0.2, 0.25) is 0 Å². The molecule has 3 N–H and O–H groups in total. The van der Waals surface area contributed by atoms with E-state index in [9.17, 15) is 0 Å². The summed E-state index contributed by atoms with van der Waals surface area (Å²) in [5.74, 6) is 0. The Balaban J connectivity index is 2.19. The smallest absolute Gasteiger partial charge is 0.0554 e. The molecule has 1 aliphatic rings. The summed E-state index contributed by atoms with van der Waals surface area (Å²) < 4.78 is 5.13. The molecule has 4 nitrogen and oxygen atoms in total. The van der Waals surface area contributed by atoms with E-state index in [0.717, 1.165) is 19.8 Å². The molecular formula is C10H21NO3. The molecule has 0 unspecified atom stereocenters. The van der Waals surface area contributed by atoms with E-state index in [1.165, 1.54) is 0 Å². The van der Waals surface area contributed by atoms with Gasteiger partial charge in [0, 0.05) is 23.9 Å². The average molecular weight is 203 g/mol. The van der Waals surface area contributed by atoms with Crippen LogP contribution in [-0.4, -0.2) is 49.7 Å². The molecule has 0 saturated carbocycles. The topological polar surface area (TPSA) is 61.7 Å². The highest BCUT2D eigenvalue weighted by molar-refractivity contribution is 4.84. The SMILES string of the molecule is CC(CO)(CO)CNCC1(C)COC1. The quantitative estimate of drug-likeness (QED) is 0.550. The fraction of sp³-hybridized carbons (Fsp3) is 1.00. The Morgan fingerprint density at radius 3 is 2.29 bits per heavy atom. The third kappa shape index (κ3) is 2.92. The minimum atomic E-state index is -0.416. The highest BCUT2D eigenvalue weighted by Crippen LogP contribution is 2.25. The van der Waals surface area contributed by atoms with E-state index in [1.807, 2.05) is 6.92 Å². The summed E-state index contributed by atoms with van der Waals surface area (Å²) in [6, 6.07) is 0. The number of aliphatic hydroxyl groups is 2. The lowest BCUT2D eigenvalue weighted by Gasteiger charge is -2.39. The van der Waals surface area contributed by atoms with E-state index in [1.54, 1.807) is 0 Å². The Bertz CT molecular complexity index is 176. The Morgan fingerprint density at radius 2 is 1.93 bits per heavy atom. The van der Waals surface area contributed by atoms with Crippen molar-refractivity contribution >= 4 is 0 Å². The molecule has 0 atom stereocenters. The van der Waals surface area contributed by atoms with Crippen molar-refractivity contribution < 1.29 is 14.9 Å². The predicted octanol–water partition coefficient (Wildman–Crippen LogP) is -0.397. The average Bonchev–Trinajstić information content (AvgIpc) is 2.15. The first kappa shape index (κ1) is 11.9. The third-order valence-electron chi connectivity index (χ3n) is 2.77. The first-order valence-electron chi connectivity index (χ1n) is 5.04. The lowest BCUT2D eigenvalue weighted by atomic mass is 9.87. The molecule has 0 bridgehead atoms. The van der Waals surface area contributed by atoms with Gasteiger partial charge in [0.15, 0.2) is 0 Å². The minimum absolute atomic E-state index is 0.00368. The molecule has 1 saturated heterocycles. The number of nitrogens with one attached hydrogen (secondary N) is 1. The molecule has 0 aromatic carbocycles. The van der Waals surface area contributed by atoms with Gasteiger partial charge < -0.3 is 20.3 Å². The van der Waals surface area contributed by atoms with Crippen LogP contribution in [0.15, 0.2) is 0 Å². The fourth-order valence-electron chi connectivity index (χ4n) is 1.38. The van der Waals surface area contributed by atoms with E-state index >= 15 is 0 Å². The van der Waals surface area contributed by atoms with Crippen LogP contribution in [0.25, 0.3) is 0 Å². The molecule has 0 radical (unpaired) electrons. The lowest BCUT2D eigenvalue weighted by molar-refractivity contribution is -0.100. The van der Waals surface area contributed by atoms with Gasteiger partial charge in [-0.05, 0) is 0 Å². The van der Waals surface area contributed by atoms with E-state index in [2.05, 4.69) is 12.2 Å². The molecule has 0 aliphatic carbocycles. The number of ether oxygens (including phenoxy) is 1. The second-order valence-corrected chi connectivity index (χ2v) is 5.03. The Morgan fingerprint density at radius 1 is 1.36 bits per heavy atom. The molecule has 0 aromatic heterocycles. The summed E-state index contributed by atoms with van der Waals surface area (Å²) in [6.45, 7) is 7.15. The molecule has 0 amide bonds. The van der Waals surface area contributed by atoms with Crippen molar-refractivity contribution in [3.63, 3.8) is 0 Å². The van der Waals surface area contributed by atoms with Crippen molar-refractivity contribution in [2.24, 2.45) is 10.8 Å². The van der Waals surface area contributed by atoms with Crippen molar-refractivity contribution in [2.75, 3.05) is 39.5 Å². The summed E-state index contributed by atoms with van der Waals surface area (Å²) >= 11 is 0. The number of hydrogen-bond donors (Lipinski definition) is 3. The zero-order chi connectivity index (χ0) is 10.7. The van der Waals surface area contributed by atoms with Crippen LogP contribution < -0.4 is 5.32 Å². The third-order valence-corrected chi connectivity index (χ3v) is 2.77. The van der Waals surface area contributed by atoms with Crippen LogP contribution >= 0.6 is 0 Å². The van der Waals surface area contributed by atoms with Crippen LogP contribution in [0.5, 0.6) is 0 Å². The molecule has 1 rings (SSSR count). The normalized spacial score (nSPS) is 20.6. The van der Waals surface area contributed by atoms with Crippen molar-refractivity contribution in [2.45, 2.75) is 13.8 Å². The zero-order valence-electron chi connectivity index (χ0n) is 9.05. The van der Waals surface area contributed by atoms with Crippen LogP contribution in [0.2, 0.25) is 0 Å². The van der Waals surface area contributed by atoms with E-state index in [4.69, 9.17) is 14.9 Å². The van der Waals surface area contributed by atoms with E-state index in [0.29, 0.717) is 6.54 Å². The first-order chi connectivity index (χ1) is 6.54. The molecular weight excluding hydrogens is 182 g/mol. The first-order valence-corrected chi connectivity index (χ1v) is 5.04. The standard InChI is InChI=1S/C10H21NO3/c1-9(5-12,6-13)3-11-4-10(2)7-14-8-10/h11-13H,3-8H2,1-2H3. The summed E-state index contributed by atoms with van der Waals surface area (Å²) in [7, 11) is 0. The summed E-state index contributed by atoms with van der Waals surface area (Å²) in [6.07, 6.45) is 0. The molecule has 1 fully saturated rings. The van der Waals surface area contributed by atoms with Crippen LogP contribution in [0.1, 0.15) is 13.8 Å². The molecule has 84 valence electrons. The summed E-state index contributed by atoms with van der Waals surface area (Å²) in [5, 5.41) is 21.4. The van der Waals surface area contributed by atoms with Crippen molar-refractivity contribution in [3.8, 4) is 0 Å². The van der Waals surface area contributed by atoms with Gasteiger partial charge in [-0.2, -0.15) is 0 Å². The lowest BCUT2D eigenvalue weighted by Crippen LogP contribution is -2.49. The van der Waals surface area contributed by atoms with Crippen LogP contribution in [0, 0.1) is 10.8 Å². The van der Waals surface area contributed by atoms with Gasteiger partial charge in [0.05, 0.1) is 26.4 Å². The van der Waals surface area contributed by atoms with Crippen LogP contribution in [0.3, 0.4) is 0 Å². The largest absolute Gasteiger partial charge is 0.396 e. The summed E-state index contributed by atoms with van der Waals surface area (Å²) in [4.78, 5) is 0. The van der Waals surface area contributed by atoms with Crippen molar-refractivity contribution in [1.82, 2.24) is 5.32 Å². The Hall–Kier alpha value is -0.160. The Labute approximate surface area is 85.3 Å². The maximum Gasteiger partial charge on any atom is 0.0554 e. The van der Waals surface area contributed by atoms with Gasteiger partial charge in [0.25, 0.3) is 0 Å². The fourth-order valence-corrected chi connectivity index (χ4v) is 1.38. The van der Waals surface area contributed by atoms with Gasteiger partial charge in [0.1, 0.15) is 0 Å². The highest BCUT2D eigenvalue weighted by atomic mass is 16.5. The second kappa shape index (κ2) is 4.57. The zero-order valence-corrected chi connectivity index (χ0v) is 9.05. The molecule has 0 spiro atoms. The monoisotopic (exact) mass is 203 g/mol. The molecule has 1 aliphatic heterocycles. The molecule has 4 heteroatoms. The molecule has 1 heterocycles. The molecule has 14 heavy (non-hydrogen) atoms. The second-order valence-electron chi connectivity index (χ2n) is 5.03. The van der Waals surface area contributed by atoms with Crippen LogP contribution in [0.4, 0.5) is 0 Å². The maximum atomic E-state index is 9.06. The van der Waals surface area contributed by atoms with Gasteiger partial charge in [-0.15, -0.1) is 0 Å². The maximum absolute atomic E-state index is 9.06. The molecule has 0 aromatic rings. The van der Waals surface area contributed by atoms with Gasteiger partial charge in [-0.1, -0.05) is 13.8 Å². The summed E-state index contributed by atoms with van der Waals surface area (Å²) in [5.41, 5.74) is -0.174. The number of rotatable bonds is 6. The predicted molar refractivity (Wildman–Crippen MR) is 54.1 cm³/mol. The van der Waals surface area contributed by atoms with Crippen LogP contribution in [-0.2, 0) is 4.74 Å². The van der Waals surface area contributed by atoms with Gasteiger partial charge in [-0.3, -0.25) is 0 Å².